The third-order valence-electron chi connectivity index (χ3n) is 4.63. The minimum absolute atomic E-state index is 0.0277. The molecule has 2 atom stereocenters. The molecule has 0 radical (unpaired) electrons. The van der Waals surface area contributed by atoms with E-state index in [1.165, 1.54) is 25.7 Å². The van der Waals surface area contributed by atoms with E-state index in [1.54, 1.807) is 0 Å². The minimum atomic E-state index is -0.0277. The van der Waals surface area contributed by atoms with E-state index in [4.69, 9.17) is 0 Å². The zero-order chi connectivity index (χ0) is 13.2. The third kappa shape index (κ3) is 2.46. The fraction of sp³-hybridized carbons (Fsp3) is 0.562. The number of benzene rings is 1. The molecule has 1 aliphatic heterocycles. The number of hydrogen-bond acceptors (Lipinski definition) is 2. The fourth-order valence-corrected chi connectivity index (χ4v) is 3.42. The zero-order valence-electron chi connectivity index (χ0n) is 11.5. The van der Waals surface area contributed by atoms with Crippen molar-refractivity contribution in [2.75, 3.05) is 11.9 Å². The van der Waals surface area contributed by atoms with E-state index in [0.717, 1.165) is 17.8 Å². The van der Waals surface area contributed by atoms with Gasteiger partial charge >= 0.3 is 0 Å². The van der Waals surface area contributed by atoms with Crippen molar-refractivity contribution in [2.24, 2.45) is 5.92 Å². The summed E-state index contributed by atoms with van der Waals surface area (Å²) in [7, 11) is 0. The van der Waals surface area contributed by atoms with Crippen molar-refractivity contribution in [3.63, 3.8) is 0 Å². The maximum Gasteiger partial charge on any atom is 0.229 e. The van der Waals surface area contributed by atoms with Gasteiger partial charge < -0.3 is 10.6 Å². The predicted molar refractivity (Wildman–Crippen MR) is 77.2 cm³/mol. The second-order valence-corrected chi connectivity index (χ2v) is 5.86. The van der Waals surface area contributed by atoms with E-state index in [1.807, 2.05) is 18.2 Å². The Morgan fingerprint density at radius 2 is 2.05 bits per heavy atom. The Kier molecular flexibility index (Phi) is 3.45. The predicted octanol–water partition coefficient (Wildman–Crippen LogP) is 2.89. The second-order valence-electron chi connectivity index (χ2n) is 5.86. The summed E-state index contributed by atoms with van der Waals surface area (Å²) < 4.78 is 0. The van der Waals surface area contributed by atoms with Crippen molar-refractivity contribution in [2.45, 2.75) is 44.6 Å². The quantitative estimate of drug-likeness (QED) is 0.875. The summed E-state index contributed by atoms with van der Waals surface area (Å²) >= 11 is 0. The third-order valence-corrected chi connectivity index (χ3v) is 4.63. The molecule has 3 heteroatoms. The summed E-state index contributed by atoms with van der Waals surface area (Å²) in [5, 5.41) is 6.54. The van der Waals surface area contributed by atoms with Gasteiger partial charge in [-0.15, -0.1) is 0 Å². The van der Waals surface area contributed by atoms with E-state index in [2.05, 4.69) is 23.6 Å². The molecule has 2 N–H and O–H groups in total. The van der Waals surface area contributed by atoms with Gasteiger partial charge in [0.1, 0.15) is 0 Å². The monoisotopic (exact) mass is 258 g/mol. The molecule has 3 rings (SSSR count). The first-order valence-electron chi connectivity index (χ1n) is 7.39. The van der Waals surface area contributed by atoms with Crippen LogP contribution in [0.25, 0.3) is 0 Å². The van der Waals surface area contributed by atoms with Gasteiger partial charge in [0, 0.05) is 18.3 Å². The van der Waals surface area contributed by atoms with Gasteiger partial charge in [0.25, 0.3) is 0 Å². The van der Waals surface area contributed by atoms with Crippen LogP contribution in [0.5, 0.6) is 0 Å². The number of amides is 1. The van der Waals surface area contributed by atoms with Crippen LogP contribution in [-0.2, 0) is 4.79 Å². The lowest BCUT2D eigenvalue weighted by atomic mass is 9.96. The van der Waals surface area contributed by atoms with Crippen molar-refractivity contribution in [3.8, 4) is 0 Å². The van der Waals surface area contributed by atoms with E-state index >= 15 is 0 Å². The van der Waals surface area contributed by atoms with Crippen molar-refractivity contribution < 1.29 is 4.79 Å². The number of carbonyl (C=O) groups excluding carboxylic acids is 1. The molecule has 0 bridgehead atoms. The van der Waals surface area contributed by atoms with E-state index in [9.17, 15) is 4.79 Å². The van der Waals surface area contributed by atoms with Crippen LogP contribution in [0.2, 0.25) is 0 Å². The number of para-hydroxylation sites is 1. The Balaban J connectivity index is 1.65. The molecule has 1 amide bonds. The number of anilines is 1. The highest BCUT2D eigenvalue weighted by molar-refractivity contribution is 5.88. The van der Waals surface area contributed by atoms with Crippen LogP contribution in [0.3, 0.4) is 0 Å². The Hall–Kier alpha value is -1.51. The molecule has 1 aliphatic carbocycles. The number of fused-ring (bicyclic) bond motifs is 1. The normalized spacial score (nSPS) is 23.7. The molecule has 1 unspecified atom stereocenters. The summed E-state index contributed by atoms with van der Waals surface area (Å²) in [5.41, 5.74) is 2.25. The van der Waals surface area contributed by atoms with Crippen LogP contribution in [0, 0.1) is 5.92 Å². The minimum Gasteiger partial charge on any atom is -0.384 e. The van der Waals surface area contributed by atoms with Gasteiger partial charge in [-0.25, -0.2) is 0 Å². The van der Waals surface area contributed by atoms with Crippen molar-refractivity contribution in [1.82, 2.24) is 5.32 Å². The van der Waals surface area contributed by atoms with Crippen molar-refractivity contribution in [3.05, 3.63) is 29.8 Å². The number of nitrogens with one attached hydrogen (secondary N) is 2. The molecule has 1 saturated carbocycles. The summed E-state index contributed by atoms with van der Waals surface area (Å²) in [5.74, 6) is 0.824. The molecule has 1 heterocycles. The van der Waals surface area contributed by atoms with Crippen LogP contribution in [0.1, 0.15) is 44.1 Å². The molecule has 19 heavy (non-hydrogen) atoms. The molecule has 1 aromatic rings. The fourth-order valence-electron chi connectivity index (χ4n) is 3.42. The number of rotatable bonds is 3. The maximum atomic E-state index is 12.4. The lowest BCUT2D eigenvalue weighted by Crippen LogP contribution is -2.40. The first kappa shape index (κ1) is 12.5. The van der Waals surface area contributed by atoms with Crippen LogP contribution in [0.4, 0.5) is 5.69 Å². The Morgan fingerprint density at radius 3 is 2.84 bits per heavy atom. The molecule has 102 valence electrons. The molecule has 0 saturated heterocycles. The molecular weight excluding hydrogens is 236 g/mol. The van der Waals surface area contributed by atoms with E-state index in [-0.39, 0.29) is 11.8 Å². The van der Waals surface area contributed by atoms with Crippen molar-refractivity contribution in [1.29, 1.82) is 0 Å². The standard InChI is InChI=1S/C16H22N2O/c1-11(12-6-2-3-7-12)18-16(19)14-10-17-15-9-5-4-8-13(14)15/h4-5,8-9,11-12,14,17H,2-3,6-7,10H2,1H3,(H,18,19)/t11-,14?/m1/s1. The topological polar surface area (TPSA) is 41.1 Å². The van der Waals surface area contributed by atoms with Gasteiger partial charge in [-0.05, 0) is 37.3 Å². The lowest BCUT2D eigenvalue weighted by molar-refractivity contribution is -0.123. The average Bonchev–Trinajstić information content (AvgIpc) is 3.08. The van der Waals surface area contributed by atoms with Gasteiger partial charge in [-0.2, -0.15) is 0 Å². The molecule has 1 fully saturated rings. The van der Waals surface area contributed by atoms with Gasteiger partial charge in [-0.3, -0.25) is 4.79 Å². The molecular formula is C16H22N2O. The van der Waals surface area contributed by atoms with Gasteiger partial charge in [-0.1, -0.05) is 31.0 Å². The Morgan fingerprint density at radius 1 is 1.32 bits per heavy atom. The highest BCUT2D eigenvalue weighted by atomic mass is 16.2. The van der Waals surface area contributed by atoms with Gasteiger partial charge in [0.2, 0.25) is 5.91 Å². The molecule has 0 spiro atoms. The van der Waals surface area contributed by atoms with Crippen LogP contribution < -0.4 is 10.6 Å². The highest BCUT2D eigenvalue weighted by Gasteiger charge is 2.30. The van der Waals surface area contributed by atoms with Crippen LogP contribution >= 0.6 is 0 Å². The second kappa shape index (κ2) is 5.24. The molecule has 3 nitrogen and oxygen atoms in total. The van der Waals surface area contributed by atoms with Gasteiger partial charge in [0.15, 0.2) is 0 Å². The first-order chi connectivity index (χ1) is 9.25. The summed E-state index contributed by atoms with van der Waals surface area (Å²) in [6.07, 6.45) is 5.17. The Bertz CT molecular complexity index is 466. The first-order valence-corrected chi connectivity index (χ1v) is 7.39. The molecule has 1 aromatic carbocycles. The summed E-state index contributed by atoms with van der Waals surface area (Å²) in [4.78, 5) is 12.4. The highest BCUT2D eigenvalue weighted by Crippen LogP contribution is 2.32. The largest absolute Gasteiger partial charge is 0.384 e. The average molecular weight is 258 g/mol. The van der Waals surface area contributed by atoms with E-state index < -0.39 is 0 Å². The zero-order valence-corrected chi connectivity index (χ0v) is 11.5. The van der Waals surface area contributed by atoms with E-state index in [0.29, 0.717) is 12.0 Å². The van der Waals surface area contributed by atoms with Crippen molar-refractivity contribution >= 4 is 11.6 Å². The van der Waals surface area contributed by atoms with Gasteiger partial charge in [0.05, 0.1) is 5.92 Å². The Labute approximate surface area is 114 Å². The SMILES string of the molecule is C[C@@H](NC(=O)C1CNc2ccccc21)C1CCCC1. The number of carbonyl (C=O) groups is 1. The smallest absolute Gasteiger partial charge is 0.229 e. The van der Waals surface area contributed by atoms with Crippen LogP contribution in [0.15, 0.2) is 24.3 Å². The number of hydrogen-bond donors (Lipinski definition) is 2. The molecule has 2 aliphatic rings. The maximum absolute atomic E-state index is 12.4. The summed E-state index contributed by atoms with van der Waals surface area (Å²) in [6, 6.07) is 8.42. The lowest BCUT2D eigenvalue weighted by Gasteiger charge is -2.22. The van der Waals surface area contributed by atoms with Crippen LogP contribution in [-0.4, -0.2) is 18.5 Å². The molecule has 0 aromatic heterocycles. The summed E-state index contributed by atoms with van der Waals surface area (Å²) in [6.45, 7) is 2.88.